The fourth-order valence-corrected chi connectivity index (χ4v) is 2.54. The summed E-state index contributed by atoms with van der Waals surface area (Å²) in [7, 11) is 1.63. The molecule has 1 fully saturated rings. The minimum atomic E-state index is -1.82. The van der Waals surface area contributed by atoms with Crippen LogP contribution >= 0.6 is 0 Å². The van der Waals surface area contributed by atoms with Crippen molar-refractivity contribution < 1.29 is 29.3 Å². The zero-order chi connectivity index (χ0) is 19.7. The van der Waals surface area contributed by atoms with Crippen LogP contribution in [0.2, 0.25) is 0 Å². The van der Waals surface area contributed by atoms with Gasteiger partial charge in [-0.3, -0.25) is 9.69 Å². The van der Waals surface area contributed by atoms with E-state index in [-0.39, 0.29) is 5.91 Å². The van der Waals surface area contributed by atoms with Crippen molar-refractivity contribution in [3.05, 3.63) is 29.8 Å². The summed E-state index contributed by atoms with van der Waals surface area (Å²) in [6.07, 6.45) is 1.16. The number of carboxylic acid groups (broad SMARTS) is 2. The van der Waals surface area contributed by atoms with Gasteiger partial charge in [-0.25, -0.2) is 9.59 Å². The van der Waals surface area contributed by atoms with Crippen LogP contribution in [-0.2, 0) is 9.59 Å². The Balaban J connectivity index is 0.000000487. The molecule has 1 amide bonds. The monoisotopic (exact) mass is 366 g/mol. The number of methoxy groups -OCH3 is 1. The minimum absolute atomic E-state index is 0.122. The first-order valence-electron chi connectivity index (χ1n) is 8.43. The maximum atomic E-state index is 12.4. The molecular formula is C18H26N2O6. The summed E-state index contributed by atoms with van der Waals surface area (Å²) in [6, 6.07) is 7.95. The summed E-state index contributed by atoms with van der Waals surface area (Å²) < 4.78 is 5.12. The molecule has 2 rings (SSSR count). The number of hydrogen-bond acceptors (Lipinski definition) is 5. The van der Waals surface area contributed by atoms with Gasteiger partial charge in [0.25, 0.3) is 5.91 Å². The van der Waals surface area contributed by atoms with E-state index in [2.05, 4.69) is 18.7 Å². The summed E-state index contributed by atoms with van der Waals surface area (Å²) in [5, 5.41) is 14.8. The van der Waals surface area contributed by atoms with E-state index in [9.17, 15) is 4.79 Å². The largest absolute Gasteiger partial charge is 0.497 e. The predicted molar refractivity (Wildman–Crippen MR) is 95.5 cm³/mol. The molecule has 2 N–H and O–H groups in total. The number of rotatable bonds is 4. The second-order valence-electron chi connectivity index (χ2n) is 5.92. The van der Waals surface area contributed by atoms with Gasteiger partial charge in [-0.1, -0.05) is 6.92 Å². The Morgan fingerprint density at radius 2 is 1.54 bits per heavy atom. The molecule has 1 aliphatic rings. The van der Waals surface area contributed by atoms with Gasteiger partial charge < -0.3 is 19.8 Å². The molecule has 8 nitrogen and oxygen atoms in total. The van der Waals surface area contributed by atoms with Crippen molar-refractivity contribution in [1.82, 2.24) is 9.80 Å². The van der Waals surface area contributed by atoms with E-state index in [1.807, 2.05) is 29.2 Å². The smallest absolute Gasteiger partial charge is 0.414 e. The van der Waals surface area contributed by atoms with Crippen molar-refractivity contribution in [1.29, 1.82) is 0 Å². The number of nitrogens with zero attached hydrogens (tertiary/aromatic N) is 2. The van der Waals surface area contributed by atoms with E-state index in [4.69, 9.17) is 24.5 Å². The lowest BCUT2D eigenvalue weighted by atomic mass is 10.1. The maximum absolute atomic E-state index is 12.4. The van der Waals surface area contributed by atoms with Gasteiger partial charge in [0.2, 0.25) is 0 Å². The third kappa shape index (κ3) is 6.36. The SMILES string of the molecule is CCC(C)N1CCN(C(=O)c2ccc(OC)cc2)CC1.O=C(O)C(=O)O. The molecular weight excluding hydrogens is 340 g/mol. The second-order valence-corrected chi connectivity index (χ2v) is 5.92. The third-order valence-corrected chi connectivity index (χ3v) is 4.34. The van der Waals surface area contributed by atoms with E-state index in [1.165, 1.54) is 0 Å². The van der Waals surface area contributed by atoms with Crippen molar-refractivity contribution in [3.63, 3.8) is 0 Å². The van der Waals surface area contributed by atoms with E-state index < -0.39 is 11.9 Å². The lowest BCUT2D eigenvalue weighted by Crippen LogP contribution is -2.51. The van der Waals surface area contributed by atoms with Crippen molar-refractivity contribution in [3.8, 4) is 5.75 Å². The number of carboxylic acids is 2. The summed E-state index contributed by atoms with van der Waals surface area (Å²) in [6.45, 7) is 8.03. The van der Waals surface area contributed by atoms with Crippen molar-refractivity contribution in [2.24, 2.45) is 0 Å². The Morgan fingerprint density at radius 1 is 1.04 bits per heavy atom. The zero-order valence-corrected chi connectivity index (χ0v) is 15.3. The van der Waals surface area contributed by atoms with Crippen molar-refractivity contribution >= 4 is 17.8 Å². The van der Waals surface area contributed by atoms with Gasteiger partial charge in [-0.2, -0.15) is 0 Å². The van der Waals surface area contributed by atoms with Crippen LogP contribution in [0.3, 0.4) is 0 Å². The van der Waals surface area contributed by atoms with Crippen LogP contribution in [0.25, 0.3) is 0 Å². The Hall–Kier alpha value is -2.61. The van der Waals surface area contributed by atoms with Gasteiger partial charge in [0.1, 0.15) is 5.75 Å². The number of carbonyl (C=O) groups is 3. The molecule has 0 saturated carbocycles. The molecule has 144 valence electrons. The Labute approximate surface area is 153 Å². The van der Waals surface area contributed by atoms with Crippen LogP contribution < -0.4 is 4.74 Å². The summed E-state index contributed by atoms with van der Waals surface area (Å²) >= 11 is 0. The van der Waals surface area contributed by atoms with Crippen LogP contribution in [0.4, 0.5) is 0 Å². The van der Waals surface area contributed by atoms with Gasteiger partial charge in [-0.05, 0) is 37.6 Å². The van der Waals surface area contributed by atoms with E-state index in [0.717, 1.165) is 43.9 Å². The molecule has 0 aromatic heterocycles. The Kier molecular flexibility index (Phi) is 8.57. The molecule has 26 heavy (non-hydrogen) atoms. The van der Waals surface area contributed by atoms with Crippen LogP contribution in [0, 0.1) is 0 Å². The summed E-state index contributed by atoms with van der Waals surface area (Å²) in [5.74, 6) is -2.75. The highest BCUT2D eigenvalue weighted by Crippen LogP contribution is 2.15. The molecule has 0 aliphatic carbocycles. The van der Waals surface area contributed by atoms with Crippen molar-refractivity contribution in [2.45, 2.75) is 26.3 Å². The Morgan fingerprint density at radius 3 is 1.92 bits per heavy atom. The van der Waals surface area contributed by atoms with Crippen LogP contribution in [0.1, 0.15) is 30.6 Å². The molecule has 0 radical (unpaired) electrons. The zero-order valence-electron chi connectivity index (χ0n) is 15.3. The molecule has 1 unspecified atom stereocenters. The first kappa shape index (κ1) is 21.4. The van der Waals surface area contributed by atoms with E-state index in [1.54, 1.807) is 7.11 Å². The second kappa shape index (κ2) is 10.4. The fourth-order valence-electron chi connectivity index (χ4n) is 2.54. The average molecular weight is 366 g/mol. The number of amides is 1. The first-order chi connectivity index (χ1) is 12.3. The highest BCUT2D eigenvalue weighted by atomic mass is 16.5. The number of aliphatic carboxylic acids is 2. The van der Waals surface area contributed by atoms with Crippen molar-refractivity contribution in [2.75, 3.05) is 33.3 Å². The van der Waals surface area contributed by atoms with Gasteiger partial charge in [0.15, 0.2) is 0 Å². The molecule has 8 heteroatoms. The topological polar surface area (TPSA) is 107 Å². The molecule has 1 saturated heterocycles. The normalized spacial score (nSPS) is 15.4. The maximum Gasteiger partial charge on any atom is 0.414 e. The number of benzene rings is 1. The van der Waals surface area contributed by atoms with Gasteiger partial charge in [0, 0.05) is 37.8 Å². The Bertz CT molecular complexity index is 597. The molecule has 1 atom stereocenters. The third-order valence-electron chi connectivity index (χ3n) is 4.34. The highest BCUT2D eigenvalue weighted by molar-refractivity contribution is 6.27. The number of hydrogen-bond donors (Lipinski definition) is 2. The summed E-state index contributed by atoms with van der Waals surface area (Å²) in [4.78, 5) is 35.0. The van der Waals surface area contributed by atoms with Gasteiger partial charge in [0.05, 0.1) is 7.11 Å². The molecule has 1 aromatic carbocycles. The van der Waals surface area contributed by atoms with E-state index in [0.29, 0.717) is 6.04 Å². The van der Waals surface area contributed by atoms with E-state index >= 15 is 0 Å². The van der Waals surface area contributed by atoms with Gasteiger partial charge >= 0.3 is 11.9 Å². The molecule has 0 bridgehead atoms. The van der Waals surface area contributed by atoms with Gasteiger partial charge in [-0.15, -0.1) is 0 Å². The van der Waals surface area contributed by atoms with Crippen LogP contribution in [-0.4, -0.2) is 77.2 Å². The summed E-state index contributed by atoms with van der Waals surface area (Å²) in [5.41, 5.74) is 0.739. The standard InChI is InChI=1S/C16H24N2O2.C2H2O4/c1-4-13(2)17-9-11-18(12-10-17)16(19)14-5-7-15(20-3)8-6-14;3-1(4)2(5)6/h5-8,13H,4,9-12H2,1-3H3;(H,3,4)(H,5,6). The highest BCUT2D eigenvalue weighted by Gasteiger charge is 2.23. The minimum Gasteiger partial charge on any atom is -0.497 e. The molecule has 1 heterocycles. The van der Waals surface area contributed by atoms with Crippen LogP contribution in [0.5, 0.6) is 5.75 Å². The quantitative estimate of drug-likeness (QED) is 0.776. The lowest BCUT2D eigenvalue weighted by Gasteiger charge is -2.37. The lowest BCUT2D eigenvalue weighted by molar-refractivity contribution is -0.159. The fraction of sp³-hybridized carbons (Fsp3) is 0.500. The molecule has 1 aliphatic heterocycles. The first-order valence-corrected chi connectivity index (χ1v) is 8.43. The van der Waals surface area contributed by atoms with Crippen LogP contribution in [0.15, 0.2) is 24.3 Å². The number of piperazine rings is 1. The predicted octanol–water partition coefficient (Wildman–Crippen LogP) is 1.41. The number of carbonyl (C=O) groups excluding carboxylic acids is 1. The average Bonchev–Trinajstić information content (AvgIpc) is 2.67. The molecule has 0 spiro atoms. The molecule has 1 aromatic rings. The number of ether oxygens (including phenoxy) is 1.